The fraction of sp³-hybridized carbons (Fsp3) is 0.105. The summed E-state index contributed by atoms with van der Waals surface area (Å²) < 4.78 is 1.07. The zero-order valence-corrected chi connectivity index (χ0v) is 14.9. The molecule has 2 aromatic heterocycles. The van der Waals surface area contributed by atoms with Crippen LogP contribution in [0.2, 0.25) is 0 Å². The van der Waals surface area contributed by atoms with Gasteiger partial charge in [0, 0.05) is 11.8 Å². The Kier molecular flexibility index (Phi) is 4.54. The van der Waals surface area contributed by atoms with E-state index in [1.807, 2.05) is 47.8 Å². The molecule has 0 aliphatic heterocycles. The molecule has 4 aromatic rings. The van der Waals surface area contributed by atoms with E-state index < -0.39 is 0 Å². The Morgan fingerprint density at radius 2 is 1.80 bits per heavy atom. The lowest BCUT2D eigenvalue weighted by Gasteiger charge is -1.99. The van der Waals surface area contributed by atoms with Crippen molar-refractivity contribution in [2.45, 2.75) is 12.8 Å². The minimum Gasteiger partial charge on any atom is -0.302 e. The van der Waals surface area contributed by atoms with Crippen molar-refractivity contribution in [1.29, 1.82) is 0 Å². The number of anilines is 1. The zero-order chi connectivity index (χ0) is 17.1. The number of benzene rings is 2. The molecule has 0 atom stereocenters. The van der Waals surface area contributed by atoms with Crippen LogP contribution in [-0.2, 0) is 17.6 Å². The first-order chi connectivity index (χ1) is 12.3. The second-order valence-electron chi connectivity index (χ2n) is 5.61. The van der Waals surface area contributed by atoms with Gasteiger partial charge in [-0.2, -0.15) is 0 Å². The Bertz CT molecular complexity index is 975. The van der Waals surface area contributed by atoms with Gasteiger partial charge in [0.05, 0.1) is 27.3 Å². The van der Waals surface area contributed by atoms with E-state index in [2.05, 4.69) is 27.4 Å². The van der Waals surface area contributed by atoms with E-state index in [0.29, 0.717) is 5.13 Å². The van der Waals surface area contributed by atoms with Gasteiger partial charge in [0.25, 0.3) is 0 Å². The zero-order valence-electron chi connectivity index (χ0n) is 13.3. The smallest absolute Gasteiger partial charge is 0.232 e. The van der Waals surface area contributed by atoms with Crippen molar-refractivity contribution >= 4 is 43.9 Å². The maximum atomic E-state index is 12.2. The summed E-state index contributed by atoms with van der Waals surface area (Å²) in [4.78, 5) is 21.2. The van der Waals surface area contributed by atoms with Gasteiger partial charge in [-0.15, -0.1) is 11.3 Å². The van der Waals surface area contributed by atoms with E-state index in [-0.39, 0.29) is 12.3 Å². The van der Waals surface area contributed by atoms with Crippen molar-refractivity contribution in [3.05, 3.63) is 76.2 Å². The standard InChI is InChI=1S/C19H15N3OS2/c23-17(22-19-21-15-8-4-5-9-16(15)25-19)11-14-12-24-18(20-14)10-13-6-2-1-3-7-13/h1-9,12H,10-11H2,(H,21,22,23). The molecule has 0 spiro atoms. The molecule has 25 heavy (non-hydrogen) atoms. The lowest BCUT2D eigenvalue weighted by Crippen LogP contribution is -2.14. The van der Waals surface area contributed by atoms with Gasteiger partial charge in [-0.1, -0.05) is 53.8 Å². The summed E-state index contributed by atoms with van der Waals surface area (Å²) >= 11 is 3.07. The summed E-state index contributed by atoms with van der Waals surface area (Å²) in [5, 5.41) is 6.48. The molecule has 2 heterocycles. The molecule has 0 saturated carbocycles. The summed E-state index contributed by atoms with van der Waals surface area (Å²) in [6, 6.07) is 18.1. The summed E-state index contributed by atoms with van der Waals surface area (Å²) in [7, 11) is 0. The molecule has 0 aliphatic carbocycles. The molecule has 1 N–H and O–H groups in total. The van der Waals surface area contributed by atoms with Crippen molar-refractivity contribution in [2.24, 2.45) is 0 Å². The molecule has 6 heteroatoms. The highest BCUT2D eigenvalue weighted by atomic mass is 32.1. The van der Waals surface area contributed by atoms with Gasteiger partial charge < -0.3 is 5.32 Å². The number of thiazole rings is 2. The number of carbonyl (C=O) groups is 1. The van der Waals surface area contributed by atoms with Crippen LogP contribution in [0.15, 0.2) is 60.0 Å². The van der Waals surface area contributed by atoms with E-state index in [4.69, 9.17) is 0 Å². The molecule has 0 aliphatic rings. The number of fused-ring (bicyclic) bond motifs is 1. The van der Waals surface area contributed by atoms with Gasteiger partial charge in [-0.25, -0.2) is 9.97 Å². The van der Waals surface area contributed by atoms with Gasteiger partial charge in [-0.3, -0.25) is 4.79 Å². The molecule has 4 rings (SSSR count). The minimum atomic E-state index is -0.0874. The van der Waals surface area contributed by atoms with Gasteiger partial charge in [-0.05, 0) is 17.7 Å². The number of hydrogen-bond acceptors (Lipinski definition) is 5. The van der Waals surface area contributed by atoms with E-state index in [0.717, 1.165) is 27.3 Å². The Labute approximate surface area is 153 Å². The molecule has 0 bridgehead atoms. The molecular formula is C19H15N3OS2. The molecule has 0 fully saturated rings. The average molecular weight is 365 g/mol. The predicted molar refractivity (Wildman–Crippen MR) is 103 cm³/mol. The third-order valence-electron chi connectivity index (χ3n) is 3.68. The predicted octanol–water partition coefficient (Wildman–Crippen LogP) is 4.52. The Hall–Kier alpha value is -2.57. The van der Waals surface area contributed by atoms with E-state index >= 15 is 0 Å². The van der Waals surface area contributed by atoms with Gasteiger partial charge in [0.1, 0.15) is 0 Å². The largest absolute Gasteiger partial charge is 0.302 e. The van der Waals surface area contributed by atoms with E-state index in [1.165, 1.54) is 16.9 Å². The number of nitrogens with one attached hydrogen (secondary N) is 1. The second kappa shape index (κ2) is 7.13. The van der Waals surface area contributed by atoms with Crippen LogP contribution in [0, 0.1) is 0 Å². The monoisotopic (exact) mass is 365 g/mol. The maximum absolute atomic E-state index is 12.2. The molecule has 2 aromatic carbocycles. The Morgan fingerprint density at radius 1 is 1.00 bits per heavy atom. The van der Waals surface area contributed by atoms with Gasteiger partial charge in [0.2, 0.25) is 5.91 Å². The molecule has 0 saturated heterocycles. The minimum absolute atomic E-state index is 0.0874. The number of para-hydroxylation sites is 1. The Balaban J connectivity index is 1.39. The molecule has 0 radical (unpaired) electrons. The highest BCUT2D eigenvalue weighted by Crippen LogP contribution is 2.25. The van der Waals surface area contributed by atoms with Crippen molar-refractivity contribution < 1.29 is 4.79 Å². The van der Waals surface area contributed by atoms with Crippen LogP contribution in [-0.4, -0.2) is 15.9 Å². The normalized spacial score (nSPS) is 10.9. The second-order valence-corrected chi connectivity index (χ2v) is 7.58. The van der Waals surface area contributed by atoms with Crippen LogP contribution in [0.3, 0.4) is 0 Å². The van der Waals surface area contributed by atoms with Crippen LogP contribution in [0.1, 0.15) is 16.3 Å². The van der Waals surface area contributed by atoms with Crippen molar-refractivity contribution in [3.63, 3.8) is 0 Å². The summed E-state index contributed by atoms with van der Waals surface area (Å²) in [5.74, 6) is -0.0874. The number of hydrogen-bond donors (Lipinski definition) is 1. The lowest BCUT2D eigenvalue weighted by atomic mass is 10.2. The molecular weight excluding hydrogens is 350 g/mol. The third-order valence-corrected chi connectivity index (χ3v) is 5.53. The van der Waals surface area contributed by atoms with Gasteiger partial charge in [0.15, 0.2) is 5.13 Å². The molecule has 1 amide bonds. The van der Waals surface area contributed by atoms with E-state index in [9.17, 15) is 4.79 Å². The van der Waals surface area contributed by atoms with Gasteiger partial charge >= 0.3 is 0 Å². The summed E-state index contributed by atoms with van der Waals surface area (Å²) in [6.07, 6.45) is 1.06. The summed E-state index contributed by atoms with van der Waals surface area (Å²) in [5.41, 5.74) is 2.93. The van der Waals surface area contributed by atoms with Crippen LogP contribution < -0.4 is 5.32 Å². The fourth-order valence-electron chi connectivity index (χ4n) is 2.54. The van der Waals surface area contributed by atoms with Crippen LogP contribution in [0.25, 0.3) is 10.2 Å². The SMILES string of the molecule is O=C(Cc1csc(Cc2ccccc2)n1)Nc1nc2ccccc2s1. The third kappa shape index (κ3) is 3.92. The number of rotatable bonds is 5. The number of nitrogens with zero attached hydrogens (tertiary/aromatic N) is 2. The van der Waals surface area contributed by atoms with Crippen molar-refractivity contribution in [1.82, 2.24) is 9.97 Å². The highest BCUT2D eigenvalue weighted by Gasteiger charge is 2.11. The lowest BCUT2D eigenvalue weighted by molar-refractivity contribution is -0.115. The molecule has 4 nitrogen and oxygen atoms in total. The first-order valence-corrected chi connectivity index (χ1v) is 9.58. The maximum Gasteiger partial charge on any atom is 0.232 e. The Morgan fingerprint density at radius 3 is 2.64 bits per heavy atom. The van der Waals surface area contributed by atoms with Crippen LogP contribution >= 0.6 is 22.7 Å². The van der Waals surface area contributed by atoms with Crippen LogP contribution in [0.4, 0.5) is 5.13 Å². The quantitative estimate of drug-likeness (QED) is 0.565. The number of amides is 1. The summed E-state index contributed by atoms with van der Waals surface area (Å²) in [6.45, 7) is 0. The number of aromatic nitrogens is 2. The average Bonchev–Trinajstić information content (AvgIpc) is 3.21. The first-order valence-electron chi connectivity index (χ1n) is 7.89. The van der Waals surface area contributed by atoms with Crippen molar-refractivity contribution in [2.75, 3.05) is 5.32 Å². The van der Waals surface area contributed by atoms with E-state index in [1.54, 1.807) is 11.3 Å². The first kappa shape index (κ1) is 15.9. The van der Waals surface area contributed by atoms with Crippen molar-refractivity contribution in [3.8, 4) is 0 Å². The fourth-order valence-corrected chi connectivity index (χ4v) is 4.25. The molecule has 0 unspecified atom stereocenters. The number of carbonyl (C=O) groups excluding carboxylic acids is 1. The van der Waals surface area contributed by atoms with Crippen LogP contribution in [0.5, 0.6) is 0 Å². The highest BCUT2D eigenvalue weighted by molar-refractivity contribution is 7.22. The topological polar surface area (TPSA) is 54.9 Å². The molecule has 124 valence electrons.